The van der Waals surface area contributed by atoms with Crippen LogP contribution in [0.2, 0.25) is 0 Å². The average Bonchev–Trinajstić information content (AvgIpc) is 3.17. The van der Waals surface area contributed by atoms with Crippen molar-refractivity contribution in [3.8, 4) is 0 Å². The van der Waals surface area contributed by atoms with Crippen molar-refractivity contribution in [2.24, 2.45) is 0 Å². The standard InChI is InChI=1S/C21H22N2O2S/c1-15-7-2-3-8-16(15)14-26-21-22-19-11-5-4-10-18(19)20(24)23(21)13-17-9-6-12-25-17/h2-5,7-8,10-11,17H,6,9,12-14H2,1H3/t17-/m1/s1. The number of aryl methyl sites for hydroxylation is 1. The zero-order valence-electron chi connectivity index (χ0n) is 14.9. The van der Waals surface area contributed by atoms with Crippen molar-refractivity contribution in [1.82, 2.24) is 9.55 Å². The summed E-state index contributed by atoms with van der Waals surface area (Å²) >= 11 is 1.62. The molecule has 1 aromatic heterocycles. The van der Waals surface area contributed by atoms with Crippen LogP contribution in [0.4, 0.5) is 0 Å². The predicted octanol–water partition coefficient (Wildman–Crippen LogP) is 4.18. The molecule has 2 aromatic carbocycles. The van der Waals surface area contributed by atoms with Crippen molar-refractivity contribution in [3.05, 3.63) is 70.0 Å². The molecule has 1 saturated heterocycles. The maximum atomic E-state index is 13.1. The lowest BCUT2D eigenvalue weighted by atomic mass is 10.1. The van der Waals surface area contributed by atoms with Crippen molar-refractivity contribution in [3.63, 3.8) is 0 Å². The molecule has 4 nitrogen and oxygen atoms in total. The Morgan fingerprint density at radius 3 is 2.81 bits per heavy atom. The highest BCUT2D eigenvalue weighted by Gasteiger charge is 2.20. The number of thioether (sulfide) groups is 1. The minimum atomic E-state index is 0.0263. The molecule has 1 aliphatic rings. The highest BCUT2D eigenvalue weighted by molar-refractivity contribution is 7.98. The van der Waals surface area contributed by atoms with Gasteiger partial charge in [-0.1, -0.05) is 48.2 Å². The van der Waals surface area contributed by atoms with Crippen molar-refractivity contribution in [1.29, 1.82) is 0 Å². The van der Waals surface area contributed by atoms with Gasteiger partial charge in [-0.05, 0) is 43.0 Å². The van der Waals surface area contributed by atoms with E-state index in [1.54, 1.807) is 16.3 Å². The fourth-order valence-electron chi connectivity index (χ4n) is 3.33. The molecule has 0 saturated carbocycles. The van der Waals surface area contributed by atoms with E-state index in [4.69, 9.17) is 9.72 Å². The molecule has 0 bridgehead atoms. The summed E-state index contributed by atoms with van der Waals surface area (Å²) in [5.74, 6) is 0.795. The van der Waals surface area contributed by atoms with Gasteiger partial charge in [-0.15, -0.1) is 0 Å². The summed E-state index contributed by atoms with van der Waals surface area (Å²) in [7, 11) is 0. The molecule has 4 rings (SSSR count). The van der Waals surface area contributed by atoms with Gasteiger partial charge in [-0.2, -0.15) is 0 Å². The maximum absolute atomic E-state index is 13.1. The molecule has 0 amide bonds. The van der Waals surface area contributed by atoms with Gasteiger partial charge in [-0.25, -0.2) is 4.98 Å². The minimum absolute atomic E-state index is 0.0263. The van der Waals surface area contributed by atoms with Gasteiger partial charge in [0.2, 0.25) is 0 Å². The predicted molar refractivity (Wildman–Crippen MR) is 106 cm³/mol. The summed E-state index contributed by atoms with van der Waals surface area (Å²) in [5.41, 5.74) is 3.31. The summed E-state index contributed by atoms with van der Waals surface area (Å²) < 4.78 is 7.57. The van der Waals surface area contributed by atoms with E-state index in [1.165, 1.54) is 11.1 Å². The Labute approximate surface area is 157 Å². The fraction of sp³-hybridized carbons (Fsp3) is 0.333. The van der Waals surface area contributed by atoms with Gasteiger partial charge in [0, 0.05) is 12.4 Å². The molecule has 1 atom stereocenters. The van der Waals surface area contributed by atoms with E-state index in [2.05, 4.69) is 25.1 Å². The number of rotatable bonds is 5. The third kappa shape index (κ3) is 3.55. The summed E-state index contributed by atoms with van der Waals surface area (Å²) in [5, 5.41) is 1.44. The fourth-order valence-corrected chi connectivity index (χ4v) is 4.41. The van der Waals surface area contributed by atoms with Gasteiger partial charge in [-0.3, -0.25) is 9.36 Å². The van der Waals surface area contributed by atoms with Crippen LogP contribution in [0.3, 0.4) is 0 Å². The zero-order valence-corrected chi connectivity index (χ0v) is 15.7. The molecule has 0 aliphatic carbocycles. The number of hydrogen-bond acceptors (Lipinski definition) is 4. The highest BCUT2D eigenvalue weighted by atomic mass is 32.2. The highest BCUT2D eigenvalue weighted by Crippen LogP contribution is 2.25. The van der Waals surface area contributed by atoms with Crippen LogP contribution >= 0.6 is 11.8 Å². The summed E-state index contributed by atoms with van der Waals surface area (Å²) in [6.07, 6.45) is 2.17. The summed E-state index contributed by atoms with van der Waals surface area (Å²) in [6.45, 7) is 3.47. The lowest BCUT2D eigenvalue weighted by molar-refractivity contribution is 0.0937. The van der Waals surface area contributed by atoms with Crippen LogP contribution in [-0.4, -0.2) is 22.3 Å². The molecule has 1 fully saturated rings. The molecular formula is C21H22N2O2S. The topological polar surface area (TPSA) is 44.1 Å². The van der Waals surface area contributed by atoms with E-state index in [1.807, 2.05) is 30.3 Å². The molecule has 1 aliphatic heterocycles. The first-order valence-electron chi connectivity index (χ1n) is 9.01. The number of fused-ring (bicyclic) bond motifs is 1. The van der Waals surface area contributed by atoms with Gasteiger partial charge in [0.25, 0.3) is 5.56 Å². The normalized spacial score (nSPS) is 17.0. The summed E-state index contributed by atoms with van der Waals surface area (Å²) in [4.78, 5) is 17.9. The van der Waals surface area contributed by atoms with Crippen LogP contribution in [0.5, 0.6) is 0 Å². The number of ether oxygens (including phenoxy) is 1. The first-order chi connectivity index (χ1) is 12.7. The molecule has 26 heavy (non-hydrogen) atoms. The van der Waals surface area contributed by atoms with Crippen LogP contribution in [0, 0.1) is 6.92 Å². The minimum Gasteiger partial charge on any atom is -0.376 e. The average molecular weight is 366 g/mol. The molecule has 134 valence electrons. The van der Waals surface area contributed by atoms with Crippen LogP contribution in [0.25, 0.3) is 10.9 Å². The zero-order chi connectivity index (χ0) is 17.9. The van der Waals surface area contributed by atoms with Gasteiger partial charge in [0.1, 0.15) is 0 Å². The van der Waals surface area contributed by atoms with E-state index in [0.717, 1.165) is 35.9 Å². The lowest BCUT2D eigenvalue weighted by Gasteiger charge is -2.16. The molecule has 5 heteroatoms. The Morgan fingerprint density at radius 1 is 1.19 bits per heavy atom. The van der Waals surface area contributed by atoms with Gasteiger partial charge >= 0.3 is 0 Å². The Balaban J connectivity index is 1.71. The quantitative estimate of drug-likeness (QED) is 0.502. The number of nitrogens with zero attached hydrogens (tertiary/aromatic N) is 2. The van der Waals surface area contributed by atoms with Crippen molar-refractivity contribution in [2.75, 3.05) is 6.61 Å². The smallest absolute Gasteiger partial charge is 0.262 e. The Hall–Kier alpha value is -2.11. The first kappa shape index (κ1) is 17.3. The van der Waals surface area contributed by atoms with E-state index in [9.17, 15) is 4.79 Å². The van der Waals surface area contributed by atoms with Crippen LogP contribution in [-0.2, 0) is 17.0 Å². The number of benzene rings is 2. The molecule has 0 unspecified atom stereocenters. The second-order valence-electron chi connectivity index (χ2n) is 6.68. The largest absolute Gasteiger partial charge is 0.376 e. The van der Waals surface area contributed by atoms with Crippen LogP contribution < -0.4 is 5.56 Å². The number of para-hydroxylation sites is 1. The Morgan fingerprint density at radius 2 is 2.00 bits per heavy atom. The van der Waals surface area contributed by atoms with Gasteiger partial charge < -0.3 is 4.74 Å². The van der Waals surface area contributed by atoms with E-state index in [-0.39, 0.29) is 11.7 Å². The van der Waals surface area contributed by atoms with Crippen molar-refractivity contribution in [2.45, 2.75) is 43.3 Å². The number of aromatic nitrogens is 2. The van der Waals surface area contributed by atoms with Crippen LogP contribution in [0.15, 0.2) is 58.5 Å². The molecule has 0 radical (unpaired) electrons. The summed E-state index contributed by atoms with van der Waals surface area (Å²) in [6, 6.07) is 15.9. The second kappa shape index (κ2) is 7.64. The Bertz CT molecular complexity index is 977. The lowest BCUT2D eigenvalue weighted by Crippen LogP contribution is -2.28. The molecular weight excluding hydrogens is 344 g/mol. The van der Waals surface area contributed by atoms with Crippen LogP contribution in [0.1, 0.15) is 24.0 Å². The van der Waals surface area contributed by atoms with Gasteiger partial charge in [0.05, 0.1) is 23.6 Å². The van der Waals surface area contributed by atoms with Crippen molar-refractivity contribution >= 4 is 22.7 Å². The third-order valence-electron chi connectivity index (χ3n) is 4.85. The number of hydrogen-bond donors (Lipinski definition) is 0. The Kier molecular flexibility index (Phi) is 5.09. The first-order valence-corrected chi connectivity index (χ1v) is 9.99. The maximum Gasteiger partial charge on any atom is 0.262 e. The molecule has 0 N–H and O–H groups in total. The van der Waals surface area contributed by atoms with E-state index >= 15 is 0 Å². The molecule has 2 heterocycles. The molecule has 0 spiro atoms. The monoisotopic (exact) mass is 366 g/mol. The van der Waals surface area contributed by atoms with Gasteiger partial charge in [0.15, 0.2) is 5.16 Å². The van der Waals surface area contributed by atoms with E-state index in [0.29, 0.717) is 11.9 Å². The van der Waals surface area contributed by atoms with Crippen molar-refractivity contribution < 1.29 is 4.74 Å². The molecule has 3 aromatic rings. The van der Waals surface area contributed by atoms with E-state index < -0.39 is 0 Å². The SMILES string of the molecule is Cc1ccccc1CSc1nc2ccccc2c(=O)n1C[C@H]1CCCO1. The third-order valence-corrected chi connectivity index (χ3v) is 5.88. The second-order valence-corrected chi connectivity index (χ2v) is 7.62.